The Balaban J connectivity index is 1.66. The fraction of sp³-hybridized carbons (Fsp3) is 0.222. The largest absolute Gasteiger partial charge is 0.348 e. The molecule has 6 heteroatoms. The van der Waals surface area contributed by atoms with Crippen molar-refractivity contribution in [3.63, 3.8) is 0 Å². The maximum absolute atomic E-state index is 11.7. The fourth-order valence-corrected chi connectivity index (χ4v) is 2.48. The first-order valence-corrected chi connectivity index (χ1v) is 8.35. The molecule has 0 atom stereocenters. The molecule has 24 heavy (non-hydrogen) atoms. The highest BCUT2D eigenvalue weighted by Crippen LogP contribution is 2.11. The molecule has 0 unspecified atom stereocenters. The molecule has 0 saturated heterocycles. The summed E-state index contributed by atoms with van der Waals surface area (Å²) in [7, 11) is 0. The van der Waals surface area contributed by atoms with Crippen molar-refractivity contribution >= 4 is 35.0 Å². The van der Waals surface area contributed by atoms with Crippen LogP contribution >= 0.6 is 23.2 Å². The van der Waals surface area contributed by atoms with E-state index in [0.717, 1.165) is 11.1 Å². The van der Waals surface area contributed by atoms with Crippen LogP contribution in [-0.4, -0.2) is 24.9 Å². The van der Waals surface area contributed by atoms with Crippen molar-refractivity contribution in [2.45, 2.75) is 12.8 Å². The molecular weight excluding hydrogens is 347 g/mol. The molecule has 0 aliphatic carbocycles. The van der Waals surface area contributed by atoms with Crippen LogP contribution in [0.5, 0.6) is 0 Å². The molecule has 2 aromatic carbocycles. The van der Waals surface area contributed by atoms with Crippen molar-refractivity contribution in [1.29, 1.82) is 0 Å². The lowest BCUT2D eigenvalue weighted by Gasteiger charge is -2.07. The molecule has 2 amide bonds. The summed E-state index contributed by atoms with van der Waals surface area (Å²) in [6.45, 7) is 0.770. The highest BCUT2D eigenvalue weighted by molar-refractivity contribution is 6.35. The van der Waals surface area contributed by atoms with Crippen molar-refractivity contribution in [3.05, 3.63) is 69.7 Å². The third-order valence-corrected chi connectivity index (χ3v) is 3.89. The lowest BCUT2D eigenvalue weighted by molar-refractivity contribution is -0.139. The Hall–Kier alpha value is -2.04. The SMILES string of the molecule is O=C(NCCc1ccc(Cl)cc1)C(=O)NCCc1cccc(Cl)c1. The average molecular weight is 365 g/mol. The summed E-state index contributed by atoms with van der Waals surface area (Å²) in [6, 6.07) is 14.8. The minimum Gasteiger partial charge on any atom is -0.348 e. The molecule has 0 bridgehead atoms. The van der Waals surface area contributed by atoms with Crippen molar-refractivity contribution in [1.82, 2.24) is 10.6 Å². The van der Waals surface area contributed by atoms with E-state index in [4.69, 9.17) is 23.2 Å². The van der Waals surface area contributed by atoms with Gasteiger partial charge in [-0.2, -0.15) is 0 Å². The molecule has 0 heterocycles. The molecule has 2 rings (SSSR count). The number of carbonyl (C=O) groups is 2. The molecule has 126 valence electrons. The Morgan fingerprint density at radius 2 is 1.33 bits per heavy atom. The van der Waals surface area contributed by atoms with Crippen molar-refractivity contribution < 1.29 is 9.59 Å². The lowest BCUT2D eigenvalue weighted by Crippen LogP contribution is -2.41. The van der Waals surface area contributed by atoms with Crippen LogP contribution in [0.4, 0.5) is 0 Å². The van der Waals surface area contributed by atoms with Crippen LogP contribution in [0, 0.1) is 0 Å². The fourth-order valence-electron chi connectivity index (χ4n) is 2.14. The highest BCUT2D eigenvalue weighted by atomic mass is 35.5. The van der Waals surface area contributed by atoms with E-state index in [2.05, 4.69) is 10.6 Å². The van der Waals surface area contributed by atoms with Gasteiger partial charge in [-0.25, -0.2) is 0 Å². The summed E-state index contributed by atoms with van der Waals surface area (Å²) >= 11 is 11.7. The molecule has 0 saturated carbocycles. The van der Waals surface area contributed by atoms with Gasteiger partial charge in [0.05, 0.1) is 0 Å². The third-order valence-electron chi connectivity index (χ3n) is 3.41. The van der Waals surface area contributed by atoms with Gasteiger partial charge >= 0.3 is 11.8 Å². The number of nitrogens with one attached hydrogen (secondary N) is 2. The first kappa shape index (κ1) is 18.3. The molecule has 0 fully saturated rings. The normalized spacial score (nSPS) is 10.2. The zero-order valence-electron chi connectivity index (χ0n) is 13.0. The van der Waals surface area contributed by atoms with E-state index >= 15 is 0 Å². The number of rotatable bonds is 6. The Labute approximate surface area is 151 Å². The average Bonchev–Trinajstić information content (AvgIpc) is 2.56. The van der Waals surface area contributed by atoms with Crippen molar-refractivity contribution in [2.75, 3.05) is 13.1 Å². The minimum absolute atomic E-state index is 0.379. The van der Waals surface area contributed by atoms with Crippen LogP contribution in [0.1, 0.15) is 11.1 Å². The number of amides is 2. The van der Waals surface area contributed by atoms with E-state index in [0.29, 0.717) is 36.0 Å². The van der Waals surface area contributed by atoms with Gasteiger partial charge in [0.15, 0.2) is 0 Å². The van der Waals surface area contributed by atoms with Crippen molar-refractivity contribution in [3.8, 4) is 0 Å². The molecule has 0 spiro atoms. The monoisotopic (exact) mass is 364 g/mol. The van der Waals surface area contributed by atoms with E-state index in [1.807, 2.05) is 30.3 Å². The summed E-state index contributed by atoms with van der Waals surface area (Å²) in [5.41, 5.74) is 2.05. The Morgan fingerprint density at radius 1 is 0.750 bits per heavy atom. The summed E-state index contributed by atoms with van der Waals surface area (Å²) in [5, 5.41) is 6.51. The van der Waals surface area contributed by atoms with Crippen molar-refractivity contribution in [2.24, 2.45) is 0 Å². The van der Waals surface area contributed by atoms with Crippen LogP contribution in [0.2, 0.25) is 10.0 Å². The molecule has 0 aliphatic heterocycles. The minimum atomic E-state index is -0.631. The number of hydrogen-bond donors (Lipinski definition) is 2. The van der Waals surface area contributed by atoms with Gasteiger partial charge in [0.25, 0.3) is 0 Å². The van der Waals surface area contributed by atoms with Crippen LogP contribution in [0.3, 0.4) is 0 Å². The Bertz CT molecular complexity index is 702. The topological polar surface area (TPSA) is 58.2 Å². The molecule has 0 aromatic heterocycles. The molecule has 2 aromatic rings. The van der Waals surface area contributed by atoms with E-state index in [9.17, 15) is 9.59 Å². The van der Waals surface area contributed by atoms with Gasteiger partial charge in [-0.05, 0) is 48.2 Å². The zero-order chi connectivity index (χ0) is 17.4. The maximum Gasteiger partial charge on any atom is 0.309 e. The van der Waals surface area contributed by atoms with Gasteiger partial charge in [0.2, 0.25) is 0 Å². The van der Waals surface area contributed by atoms with Gasteiger partial charge in [0, 0.05) is 23.1 Å². The molecule has 0 radical (unpaired) electrons. The summed E-state index contributed by atoms with van der Waals surface area (Å²) < 4.78 is 0. The summed E-state index contributed by atoms with van der Waals surface area (Å²) in [4.78, 5) is 23.4. The van der Waals surface area contributed by atoms with E-state index < -0.39 is 11.8 Å². The van der Waals surface area contributed by atoms with Crippen LogP contribution in [0.15, 0.2) is 48.5 Å². The Kier molecular flexibility index (Phi) is 7.09. The second kappa shape index (κ2) is 9.30. The molecular formula is C18H18Cl2N2O2. The number of hydrogen-bond acceptors (Lipinski definition) is 2. The standard InChI is InChI=1S/C18H18Cl2N2O2/c19-15-6-4-13(5-7-15)8-10-21-17(23)18(24)22-11-9-14-2-1-3-16(20)12-14/h1-7,12H,8-11H2,(H,21,23)(H,22,24). The van der Waals surface area contributed by atoms with Crippen LogP contribution in [-0.2, 0) is 22.4 Å². The van der Waals surface area contributed by atoms with Crippen LogP contribution < -0.4 is 10.6 Å². The first-order valence-electron chi connectivity index (χ1n) is 7.59. The van der Waals surface area contributed by atoms with E-state index in [1.165, 1.54) is 0 Å². The quantitative estimate of drug-likeness (QED) is 0.774. The van der Waals surface area contributed by atoms with Gasteiger partial charge in [-0.1, -0.05) is 47.5 Å². The van der Waals surface area contributed by atoms with E-state index in [1.54, 1.807) is 18.2 Å². The van der Waals surface area contributed by atoms with Gasteiger partial charge in [0.1, 0.15) is 0 Å². The predicted molar refractivity (Wildman–Crippen MR) is 96.3 cm³/mol. The Morgan fingerprint density at radius 3 is 1.92 bits per heavy atom. The predicted octanol–water partition coefficient (Wildman–Crippen LogP) is 3.01. The van der Waals surface area contributed by atoms with Gasteiger partial charge < -0.3 is 10.6 Å². The lowest BCUT2D eigenvalue weighted by atomic mass is 10.1. The zero-order valence-corrected chi connectivity index (χ0v) is 14.5. The molecule has 0 aliphatic rings. The van der Waals surface area contributed by atoms with Crippen LogP contribution in [0.25, 0.3) is 0 Å². The number of carbonyl (C=O) groups excluding carboxylic acids is 2. The smallest absolute Gasteiger partial charge is 0.309 e. The van der Waals surface area contributed by atoms with Gasteiger partial charge in [-0.15, -0.1) is 0 Å². The second-order valence-corrected chi connectivity index (χ2v) is 6.14. The number of halogens is 2. The second-order valence-electron chi connectivity index (χ2n) is 5.27. The highest BCUT2D eigenvalue weighted by Gasteiger charge is 2.11. The van der Waals surface area contributed by atoms with E-state index in [-0.39, 0.29) is 0 Å². The summed E-state index contributed by atoms with van der Waals surface area (Å²) in [5.74, 6) is -1.26. The van der Waals surface area contributed by atoms with Gasteiger partial charge in [-0.3, -0.25) is 9.59 Å². The number of benzene rings is 2. The molecule has 2 N–H and O–H groups in total. The maximum atomic E-state index is 11.7. The third kappa shape index (κ3) is 6.22. The molecule has 4 nitrogen and oxygen atoms in total. The first-order chi connectivity index (χ1) is 11.5. The summed E-state index contributed by atoms with van der Waals surface area (Å²) in [6.07, 6.45) is 1.25.